The summed E-state index contributed by atoms with van der Waals surface area (Å²) >= 11 is 0. The molecule has 0 saturated heterocycles. The third-order valence-electron chi connectivity index (χ3n) is 6.45. The highest BCUT2D eigenvalue weighted by Gasteiger charge is 2.41. The van der Waals surface area contributed by atoms with E-state index in [0.717, 1.165) is 37.5 Å². The van der Waals surface area contributed by atoms with Crippen molar-refractivity contribution in [2.75, 3.05) is 6.61 Å². The van der Waals surface area contributed by atoms with Gasteiger partial charge in [-0.05, 0) is 55.0 Å². The third kappa shape index (κ3) is 4.15. The van der Waals surface area contributed by atoms with Crippen LogP contribution in [0.1, 0.15) is 55.5 Å². The zero-order valence-electron chi connectivity index (χ0n) is 18.0. The number of fused-ring (bicyclic) bond motifs is 1. The van der Waals surface area contributed by atoms with Crippen molar-refractivity contribution in [2.24, 2.45) is 5.16 Å². The largest absolute Gasteiger partial charge is 0.417 e. The molecular formula is C25H24F3N3O2. The molecule has 172 valence electrons. The van der Waals surface area contributed by atoms with Crippen molar-refractivity contribution in [1.82, 2.24) is 9.97 Å². The topological polar surface area (TPSA) is 70.5 Å². The predicted octanol–water partition coefficient (Wildman–Crippen LogP) is 6.08. The number of aromatic amines is 1. The number of hydrogen-bond acceptors (Lipinski definition) is 4. The number of nitrogens with one attached hydrogen (secondary N) is 1. The van der Waals surface area contributed by atoms with Gasteiger partial charge in [0.15, 0.2) is 5.82 Å². The molecule has 0 radical (unpaired) electrons. The van der Waals surface area contributed by atoms with Crippen LogP contribution in [0.15, 0.2) is 47.6 Å². The number of imidazole rings is 1. The Bertz CT molecular complexity index is 1240. The summed E-state index contributed by atoms with van der Waals surface area (Å²) in [7, 11) is 0. The Morgan fingerprint density at radius 2 is 1.91 bits per heavy atom. The molecule has 1 aliphatic heterocycles. The molecule has 2 N–H and O–H groups in total. The Hall–Kier alpha value is -3.13. The lowest BCUT2D eigenvalue weighted by Gasteiger charge is -2.30. The lowest BCUT2D eigenvalue weighted by Crippen LogP contribution is -2.31. The molecule has 1 spiro atoms. The molecule has 0 bridgehead atoms. The van der Waals surface area contributed by atoms with Crippen LogP contribution in [0.4, 0.5) is 13.2 Å². The number of hydrogen-bond donors (Lipinski definition) is 2. The van der Waals surface area contributed by atoms with Gasteiger partial charge in [-0.2, -0.15) is 13.2 Å². The van der Waals surface area contributed by atoms with Crippen LogP contribution in [0.25, 0.3) is 28.2 Å². The standard InChI is InChI=1S/C25H24F3N3O2/c26-25(27,28)19-9-3-2-8-18(19)17-13-16(7-6-12-32)22-20(14-17)29-23(30-22)21-15-24(33-31-21)10-4-1-5-11-24/h2-3,6-9,13-14,32H,1,4-5,10-12,15H2,(H,29,30)/b7-6+. The summed E-state index contributed by atoms with van der Waals surface area (Å²) < 4.78 is 40.9. The van der Waals surface area contributed by atoms with Gasteiger partial charge < -0.3 is 14.9 Å². The average molecular weight is 455 g/mol. The molecule has 0 unspecified atom stereocenters. The van der Waals surface area contributed by atoms with Gasteiger partial charge in [0.05, 0.1) is 23.2 Å². The normalized spacial score (nSPS) is 18.2. The number of rotatable bonds is 4. The number of aromatic nitrogens is 2. The van der Waals surface area contributed by atoms with E-state index < -0.39 is 11.7 Å². The minimum absolute atomic E-state index is 0.0813. The smallest absolute Gasteiger partial charge is 0.392 e. The first-order chi connectivity index (χ1) is 15.9. The number of oxime groups is 1. The molecule has 5 rings (SSSR count). The van der Waals surface area contributed by atoms with E-state index in [2.05, 4.69) is 15.1 Å². The van der Waals surface area contributed by atoms with E-state index in [-0.39, 0.29) is 17.8 Å². The van der Waals surface area contributed by atoms with Crippen molar-refractivity contribution in [3.8, 4) is 11.1 Å². The number of H-pyrrole nitrogens is 1. The van der Waals surface area contributed by atoms with Crippen molar-refractivity contribution < 1.29 is 23.1 Å². The molecule has 2 heterocycles. The fraction of sp³-hybridized carbons (Fsp3) is 0.360. The van der Waals surface area contributed by atoms with Crippen molar-refractivity contribution >= 4 is 22.8 Å². The fourth-order valence-electron chi connectivity index (χ4n) is 4.84. The molecule has 5 nitrogen and oxygen atoms in total. The zero-order chi connectivity index (χ0) is 23.1. The minimum Gasteiger partial charge on any atom is -0.392 e. The van der Waals surface area contributed by atoms with Crippen molar-refractivity contribution in [3.05, 3.63) is 59.4 Å². The maximum absolute atomic E-state index is 13.6. The molecule has 3 aromatic rings. The molecule has 1 aromatic heterocycles. The van der Waals surface area contributed by atoms with Gasteiger partial charge in [-0.25, -0.2) is 4.98 Å². The monoisotopic (exact) mass is 455 g/mol. The van der Waals surface area contributed by atoms with Gasteiger partial charge in [-0.3, -0.25) is 0 Å². The fourth-order valence-corrected chi connectivity index (χ4v) is 4.84. The summed E-state index contributed by atoms with van der Waals surface area (Å²) in [5, 5.41) is 13.6. The summed E-state index contributed by atoms with van der Waals surface area (Å²) in [4.78, 5) is 13.8. The first-order valence-electron chi connectivity index (χ1n) is 11.1. The molecule has 0 atom stereocenters. The lowest BCUT2D eigenvalue weighted by atomic mass is 9.81. The Labute approximate surface area is 189 Å². The summed E-state index contributed by atoms with van der Waals surface area (Å²) in [6.07, 6.45) is 4.76. The van der Waals surface area contributed by atoms with Crippen LogP contribution < -0.4 is 0 Å². The highest BCUT2D eigenvalue weighted by molar-refractivity contribution is 6.02. The van der Waals surface area contributed by atoms with Crippen LogP contribution in [0.2, 0.25) is 0 Å². The summed E-state index contributed by atoms with van der Waals surface area (Å²) in [5.74, 6) is 0.562. The van der Waals surface area contributed by atoms with Gasteiger partial charge in [0.25, 0.3) is 0 Å². The zero-order valence-corrected chi connectivity index (χ0v) is 18.0. The van der Waals surface area contributed by atoms with Gasteiger partial charge in [0.1, 0.15) is 11.3 Å². The first-order valence-corrected chi connectivity index (χ1v) is 11.1. The number of aliphatic hydroxyl groups is 1. The maximum atomic E-state index is 13.6. The van der Waals surface area contributed by atoms with Gasteiger partial charge in [-0.1, -0.05) is 41.9 Å². The number of nitrogens with zero attached hydrogens (tertiary/aromatic N) is 2. The van der Waals surface area contributed by atoms with E-state index in [1.54, 1.807) is 30.4 Å². The SMILES string of the molecule is OC/C=C/c1cc(-c2ccccc2C(F)(F)F)cc2nc(C3=NOC4(CCCCC4)C3)[nH]c12. The minimum atomic E-state index is -4.48. The first kappa shape index (κ1) is 21.7. The number of benzene rings is 2. The van der Waals surface area contributed by atoms with Crippen molar-refractivity contribution in [3.63, 3.8) is 0 Å². The molecule has 8 heteroatoms. The molecular weight excluding hydrogens is 431 g/mol. The number of alkyl halides is 3. The van der Waals surface area contributed by atoms with Gasteiger partial charge in [-0.15, -0.1) is 0 Å². The van der Waals surface area contributed by atoms with E-state index in [1.165, 1.54) is 18.6 Å². The van der Waals surface area contributed by atoms with Gasteiger partial charge >= 0.3 is 6.18 Å². The van der Waals surface area contributed by atoms with Crippen LogP contribution in [-0.2, 0) is 11.0 Å². The maximum Gasteiger partial charge on any atom is 0.417 e. The van der Waals surface area contributed by atoms with E-state index >= 15 is 0 Å². The highest BCUT2D eigenvalue weighted by atomic mass is 19.4. The molecule has 0 amide bonds. The van der Waals surface area contributed by atoms with Gasteiger partial charge in [0.2, 0.25) is 0 Å². The highest BCUT2D eigenvalue weighted by Crippen LogP contribution is 2.41. The van der Waals surface area contributed by atoms with E-state index in [1.807, 2.05) is 0 Å². The molecule has 1 saturated carbocycles. The quantitative estimate of drug-likeness (QED) is 0.501. The molecule has 2 aliphatic rings. The summed E-state index contributed by atoms with van der Waals surface area (Å²) in [6, 6.07) is 8.83. The van der Waals surface area contributed by atoms with Crippen molar-refractivity contribution in [1.29, 1.82) is 0 Å². The predicted molar refractivity (Wildman–Crippen MR) is 121 cm³/mol. The van der Waals surface area contributed by atoms with Crippen LogP contribution >= 0.6 is 0 Å². The van der Waals surface area contributed by atoms with Crippen molar-refractivity contribution in [2.45, 2.75) is 50.3 Å². The molecule has 1 aliphatic carbocycles. The second-order valence-corrected chi connectivity index (χ2v) is 8.72. The second kappa shape index (κ2) is 8.33. The van der Waals surface area contributed by atoms with Gasteiger partial charge in [0, 0.05) is 12.0 Å². The van der Waals surface area contributed by atoms with Crippen LogP contribution in [-0.4, -0.2) is 33.0 Å². The van der Waals surface area contributed by atoms with Crippen LogP contribution in [0, 0.1) is 0 Å². The average Bonchev–Trinajstić information content (AvgIpc) is 3.42. The van der Waals surface area contributed by atoms with Crippen LogP contribution in [0.3, 0.4) is 0 Å². The molecule has 33 heavy (non-hydrogen) atoms. The Morgan fingerprint density at radius 3 is 2.67 bits per heavy atom. The number of aliphatic hydroxyl groups excluding tert-OH is 1. The van der Waals surface area contributed by atoms with Crippen LogP contribution in [0.5, 0.6) is 0 Å². The van der Waals surface area contributed by atoms with E-state index in [9.17, 15) is 18.3 Å². The lowest BCUT2D eigenvalue weighted by molar-refractivity contribution is -0.137. The Kier molecular flexibility index (Phi) is 5.48. The van der Waals surface area contributed by atoms with E-state index in [4.69, 9.17) is 4.84 Å². The molecule has 2 aromatic carbocycles. The number of halogens is 3. The summed E-state index contributed by atoms with van der Waals surface area (Å²) in [6.45, 7) is -0.186. The third-order valence-corrected chi connectivity index (χ3v) is 6.45. The Morgan fingerprint density at radius 1 is 1.12 bits per heavy atom. The van der Waals surface area contributed by atoms with E-state index in [0.29, 0.717) is 34.4 Å². The second-order valence-electron chi connectivity index (χ2n) is 8.72. The molecule has 1 fully saturated rings. The Balaban J connectivity index is 1.59. The summed E-state index contributed by atoms with van der Waals surface area (Å²) in [5.41, 5.74) is 2.09.